The lowest BCUT2D eigenvalue weighted by Gasteiger charge is -2.06. The molecule has 1 N–H and O–H groups in total. The van der Waals surface area contributed by atoms with E-state index in [-0.39, 0.29) is 12.3 Å². The maximum Gasteiger partial charge on any atom is 0.230 e. The van der Waals surface area contributed by atoms with Gasteiger partial charge in [-0.3, -0.25) is 4.79 Å². The average molecular weight is 393 g/mol. The van der Waals surface area contributed by atoms with Crippen molar-refractivity contribution in [1.82, 2.24) is 4.98 Å². The van der Waals surface area contributed by atoms with Crippen LogP contribution in [-0.4, -0.2) is 10.9 Å². The maximum absolute atomic E-state index is 12.4. The number of halogens is 1. The number of hydrogen-bond acceptors (Lipinski definition) is 3. The van der Waals surface area contributed by atoms with E-state index >= 15 is 0 Å². The first-order chi connectivity index (χ1) is 13.2. The first-order valence-electron chi connectivity index (χ1n) is 8.62. The topological polar surface area (TPSA) is 42.0 Å². The number of anilines is 1. The van der Waals surface area contributed by atoms with Crippen LogP contribution in [0.4, 0.5) is 5.69 Å². The van der Waals surface area contributed by atoms with Crippen molar-refractivity contribution >= 4 is 45.3 Å². The normalized spacial score (nSPS) is 10.9. The van der Waals surface area contributed by atoms with Gasteiger partial charge >= 0.3 is 0 Å². The third kappa shape index (κ3) is 4.54. The van der Waals surface area contributed by atoms with Crippen LogP contribution < -0.4 is 5.32 Å². The SMILES string of the molecule is O=C(Cc1csc(Cc2cccc(Cl)c2)n1)Nc1ccc2ccccc2c1. The lowest BCUT2D eigenvalue weighted by Crippen LogP contribution is -2.14. The van der Waals surface area contributed by atoms with Crippen LogP contribution in [0.3, 0.4) is 0 Å². The van der Waals surface area contributed by atoms with E-state index in [1.54, 1.807) is 11.3 Å². The van der Waals surface area contributed by atoms with Gasteiger partial charge in [0.05, 0.1) is 17.1 Å². The van der Waals surface area contributed by atoms with E-state index in [9.17, 15) is 4.79 Å². The highest BCUT2D eigenvalue weighted by Gasteiger charge is 2.09. The number of nitrogens with one attached hydrogen (secondary N) is 1. The van der Waals surface area contributed by atoms with Gasteiger partial charge in [0.2, 0.25) is 5.91 Å². The summed E-state index contributed by atoms with van der Waals surface area (Å²) in [6, 6.07) is 21.8. The molecule has 3 aromatic carbocycles. The molecule has 0 aliphatic heterocycles. The van der Waals surface area contributed by atoms with Gasteiger partial charge < -0.3 is 5.32 Å². The maximum atomic E-state index is 12.4. The van der Waals surface area contributed by atoms with E-state index < -0.39 is 0 Å². The van der Waals surface area contributed by atoms with E-state index in [1.807, 2.05) is 66.0 Å². The zero-order valence-corrected chi connectivity index (χ0v) is 16.1. The summed E-state index contributed by atoms with van der Waals surface area (Å²) in [4.78, 5) is 16.9. The average Bonchev–Trinajstić information content (AvgIpc) is 3.08. The number of amides is 1. The molecule has 4 rings (SSSR count). The van der Waals surface area contributed by atoms with Crippen LogP contribution in [0.15, 0.2) is 72.1 Å². The molecule has 1 amide bonds. The Balaban J connectivity index is 1.40. The van der Waals surface area contributed by atoms with Gasteiger partial charge in [-0.1, -0.05) is 54.1 Å². The van der Waals surface area contributed by atoms with Crippen molar-refractivity contribution in [1.29, 1.82) is 0 Å². The third-order valence-corrected chi connectivity index (χ3v) is 5.35. The summed E-state index contributed by atoms with van der Waals surface area (Å²) >= 11 is 7.59. The predicted molar refractivity (Wildman–Crippen MR) is 113 cm³/mol. The van der Waals surface area contributed by atoms with Crippen LogP contribution in [-0.2, 0) is 17.6 Å². The fourth-order valence-electron chi connectivity index (χ4n) is 2.97. The van der Waals surface area contributed by atoms with Crippen molar-refractivity contribution in [2.45, 2.75) is 12.8 Å². The summed E-state index contributed by atoms with van der Waals surface area (Å²) in [5.41, 5.74) is 2.70. The van der Waals surface area contributed by atoms with E-state index in [1.165, 1.54) is 0 Å². The molecule has 5 heteroatoms. The van der Waals surface area contributed by atoms with Crippen molar-refractivity contribution in [3.05, 3.63) is 93.4 Å². The molecule has 27 heavy (non-hydrogen) atoms. The molecule has 0 spiro atoms. The largest absolute Gasteiger partial charge is 0.326 e. The third-order valence-electron chi connectivity index (χ3n) is 4.22. The molecule has 0 bridgehead atoms. The second kappa shape index (κ2) is 7.91. The number of carbonyl (C=O) groups is 1. The molecule has 0 unspecified atom stereocenters. The number of thiazole rings is 1. The molecule has 134 valence electrons. The predicted octanol–water partition coefficient (Wildman–Crippen LogP) is 5.72. The van der Waals surface area contributed by atoms with Crippen molar-refractivity contribution in [3.63, 3.8) is 0 Å². The number of benzene rings is 3. The van der Waals surface area contributed by atoms with Crippen molar-refractivity contribution in [2.24, 2.45) is 0 Å². The van der Waals surface area contributed by atoms with Crippen LogP contribution in [0.2, 0.25) is 5.02 Å². The Labute approximate surface area is 166 Å². The Bertz CT molecular complexity index is 1110. The van der Waals surface area contributed by atoms with E-state index in [0.717, 1.165) is 44.2 Å². The Morgan fingerprint density at radius 1 is 1.00 bits per heavy atom. The lowest BCUT2D eigenvalue weighted by atomic mass is 10.1. The fraction of sp³-hybridized carbons (Fsp3) is 0.0909. The zero-order chi connectivity index (χ0) is 18.6. The van der Waals surface area contributed by atoms with E-state index in [2.05, 4.69) is 16.4 Å². The van der Waals surface area contributed by atoms with Crippen molar-refractivity contribution < 1.29 is 4.79 Å². The summed E-state index contributed by atoms with van der Waals surface area (Å²) in [7, 11) is 0. The number of fused-ring (bicyclic) bond motifs is 1. The standard InChI is InChI=1S/C22H17ClN2OS/c23-18-7-3-4-15(10-18)11-22-25-20(14-27-22)13-21(26)24-19-9-8-16-5-1-2-6-17(16)12-19/h1-10,12,14H,11,13H2,(H,24,26). The number of aromatic nitrogens is 1. The fourth-order valence-corrected chi connectivity index (χ4v) is 4.01. The highest BCUT2D eigenvalue weighted by molar-refractivity contribution is 7.09. The Hall–Kier alpha value is -2.69. The van der Waals surface area contributed by atoms with Crippen LogP contribution in [0.25, 0.3) is 10.8 Å². The number of hydrogen-bond donors (Lipinski definition) is 1. The molecule has 0 atom stereocenters. The van der Waals surface area contributed by atoms with Gasteiger partial charge in [0.15, 0.2) is 0 Å². The number of rotatable bonds is 5. The minimum atomic E-state index is -0.0649. The Kier molecular flexibility index (Phi) is 5.19. The minimum Gasteiger partial charge on any atom is -0.326 e. The van der Waals surface area contributed by atoms with Crippen LogP contribution in [0, 0.1) is 0 Å². The Morgan fingerprint density at radius 2 is 1.85 bits per heavy atom. The van der Waals surface area contributed by atoms with Crippen molar-refractivity contribution in [3.8, 4) is 0 Å². The zero-order valence-electron chi connectivity index (χ0n) is 14.5. The van der Waals surface area contributed by atoms with Gasteiger partial charge in [0.25, 0.3) is 0 Å². The molecule has 0 fully saturated rings. The van der Waals surface area contributed by atoms with Gasteiger partial charge in [0, 0.05) is 22.5 Å². The minimum absolute atomic E-state index is 0.0649. The lowest BCUT2D eigenvalue weighted by molar-refractivity contribution is -0.115. The number of nitrogens with zero attached hydrogens (tertiary/aromatic N) is 1. The van der Waals surface area contributed by atoms with Crippen LogP contribution >= 0.6 is 22.9 Å². The van der Waals surface area contributed by atoms with Gasteiger partial charge in [-0.25, -0.2) is 4.98 Å². The molecule has 0 aliphatic carbocycles. The molecule has 0 aliphatic rings. The molecular weight excluding hydrogens is 376 g/mol. The Morgan fingerprint density at radius 3 is 2.70 bits per heavy atom. The molecule has 0 saturated carbocycles. The highest BCUT2D eigenvalue weighted by Crippen LogP contribution is 2.20. The first kappa shape index (κ1) is 17.7. The second-order valence-electron chi connectivity index (χ2n) is 6.33. The molecule has 0 saturated heterocycles. The molecule has 1 aromatic heterocycles. The van der Waals surface area contributed by atoms with E-state index in [4.69, 9.17) is 11.6 Å². The van der Waals surface area contributed by atoms with Crippen LogP contribution in [0.5, 0.6) is 0 Å². The summed E-state index contributed by atoms with van der Waals surface area (Å²) in [6.07, 6.45) is 0.983. The first-order valence-corrected chi connectivity index (χ1v) is 9.88. The molecule has 1 heterocycles. The highest BCUT2D eigenvalue weighted by atomic mass is 35.5. The van der Waals surface area contributed by atoms with Crippen LogP contribution in [0.1, 0.15) is 16.3 Å². The van der Waals surface area contributed by atoms with Gasteiger partial charge in [-0.15, -0.1) is 11.3 Å². The molecule has 3 nitrogen and oxygen atoms in total. The molecule has 4 aromatic rings. The summed E-state index contributed by atoms with van der Waals surface area (Å²) < 4.78 is 0. The van der Waals surface area contributed by atoms with E-state index in [0.29, 0.717) is 0 Å². The monoisotopic (exact) mass is 392 g/mol. The van der Waals surface area contributed by atoms with Crippen molar-refractivity contribution in [2.75, 3.05) is 5.32 Å². The van der Waals surface area contributed by atoms with Gasteiger partial charge in [-0.2, -0.15) is 0 Å². The smallest absolute Gasteiger partial charge is 0.230 e. The summed E-state index contributed by atoms with van der Waals surface area (Å²) in [5, 5.41) is 8.86. The van der Waals surface area contributed by atoms with Gasteiger partial charge in [-0.05, 0) is 40.6 Å². The molecular formula is C22H17ClN2OS. The molecule has 0 radical (unpaired) electrons. The second-order valence-corrected chi connectivity index (χ2v) is 7.71. The summed E-state index contributed by atoms with van der Waals surface area (Å²) in [5.74, 6) is -0.0649. The summed E-state index contributed by atoms with van der Waals surface area (Å²) in [6.45, 7) is 0. The number of carbonyl (C=O) groups excluding carboxylic acids is 1. The quantitative estimate of drug-likeness (QED) is 0.471. The van der Waals surface area contributed by atoms with Gasteiger partial charge in [0.1, 0.15) is 0 Å².